The second kappa shape index (κ2) is 5.59. The van der Waals surface area contributed by atoms with E-state index in [0.29, 0.717) is 11.4 Å². The fourth-order valence-corrected chi connectivity index (χ4v) is 2.74. The summed E-state index contributed by atoms with van der Waals surface area (Å²) in [6, 6.07) is 9.99. The summed E-state index contributed by atoms with van der Waals surface area (Å²) in [6.45, 7) is 2.10. The SMILES string of the molecule is CN/C(C#N)=C(\N)c1ccc(-c2cscc2C)cc1. The molecule has 4 heteroatoms. The Kier molecular flexibility index (Phi) is 3.88. The first kappa shape index (κ1) is 13.2. The van der Waals surface area contributed by atoms with Crippen molar-refractivity contribution >= 4 is 17.0 Å². The van der Waals surface area contributed by atoms with Gasteiger partial charge in [0, 0.05) is 12.6 Å². The first-order valence-corrected chi connectivity index (χ1v) is 6.83. The molecule has 1 aromatic carbocycles. The van der Waals surface area contributed by atoms with Crippen LogP contribution in [0.2, 0.25) is 0 Å². The molecule has 0 bridgehead atoms. The van der Waals surface area contributed by atoms with E-state index in [1.54, 1.807) is 18.4 Å². The van der Waals surface area contributed by atoms with Gasteiger partial charge in [-0.3, -0.25) is 0 Å². The molecular weight excluding hydrogens is 254 g/mol. The Bertz CT molecular complexity index is 645. The number of hydrogen-bond acceptors (Lipinski definition) is 4. The van der Waals surface area contributed by atoms with Crippen molar-refractivity contribution in [1.29, 1.82) is 5.26 Å². The Hall–Kier alpha value is -2.25. The van der Waals surface area contributed by atoms with Crippen LogP contribution in [-0.2, 0) is 0 Å². The molecule has 3 nitrogen and oxygen atoms in total. The lowest BCUT2D eigenvalue weighted by atomic mass is 10.0. The minimum atomic E-state index is 0.388. The smallest absolute Gasteiger partial charge is 0.137 e. The van der Waals surface area contributed by atoms with Crippen LogP contribution in [0.15, 0.2) is 40.7 Å². The van der Waals surface area contributed by atoms with E-state index >= 15 is 0 Å². The van der Waals surface area contributed by atoms with Crippen molar-refractivity contribution in [2.75, 3.05) is 7.05 Å². The van der Waals surface area contributed by atoms with E-state index in [9.17, 15) is 0 Å². The van der Waals surface area contributed by atoms with E-state index in [-0.39, 0.29) is 0 Å². The number of nitrogens with two attached hydrogens (primary N) is 1. The van der Waals surface area contributed by atoms with Gasteiger partial charge in [-0.1, -0.05) is 24.3 Å². The first-order chi connectivity index (χ1) is 9.17. The van der Waals surface area contributed by atoms with Gasteiger partial charge in [0.1, 0.15) is 11.8 Å². The molecule has 1 heterocycles. The van der Waals surface area contributed by atoms with E-state index in [0.717, 1.165) is 5.56 Å². The number of benzene rings is 1. The Morgan fingerprint density at radius 2 is 1.95 bits per heavy atom. The maximum Gasteiger partial charge on any atom is 0.137 e. The van der Waals surface area contributed by atoms with E-state index in [4.69, 9.17) is 11.0 Å². The number of aryl methyl sites for hydroxylation is 1. The number of hydrogen-bond donors (Lipinski definition) is 2. The number of nitrogens with one attached hydrogen (secondary N) is 1. The normalized spacial score (nSPS) is 11.6. The lowest BCUT2D eigenvalue weighted by Gasteiger charge is -2.07. The van der Waals surface area contributed by atoms with Crippen LogP contribution in [0.3, 0.4) is 0 Å². The van der Waals surface area contributed by atoms with Crippen molar-refractivity contribution in [3.8, 4) is 17.2 Å². The van der Waals surface area contributed by atoms with Crippen molar-refractivity contribution in [3.05, 3.63) is 51.8 Å². The molecule has 0 spiro atoms. The van der Waals surface area contributed by atoms with Crippen LogP contribution in [-0.4, -0.2) is 7.05 Å². The molecule has 1 aromatic heterocycles. The molecule has 2 aromatic rings. The molecule has 0 saturated heterocycles. The maximum atomic E-state index is 8.95. The number of allylic oxidation sites excluding steroid dienone is 1. The molecule has 96 valence electrons. The summed E-state index contributed by atoms with van der Waals surface area (Å²) in [4.78, 5) is 0. The van der Waals surface area contributed by atoms with Crippen LogP contribution >= 0.6 is 11.3 Å². The fraction of sp³-hybridized carbons (Fsp3) is 0.133. The Morgan fingerprint density at radius 3 is 2.42 bits per heavy atom. The highest BCUT2D eigenvalue weighted by Gasteiger charge is 2.06. The zero-order chi connectivity index (χ0) is 13.8. The average Bonchev–Trinajstić information content (AvgIpc) is 2.86. The van der Waals surface area contributed by atoms with Crippen molar-refractivity contribution in [2.24, 2.45) is 5.73 Å². The Labute approximate surface area is 117 Å². The van der Waals surface area contributed by atoms with E-state index < -0.39 is 0 Å². The van der Waals surface area contributed by atoms with Crippen LogP contribution in [0.25, 0.3) is 16.8 Å². The molecule has 0 aliphatic rings. The number of nitrogens with zero attached hydrogens (tertiary/aromatic N) is 1. The van der Waals surface area contributed by atoms with E-state index in [1.165, 1.54) is 16.7 Å². The van der Waals surface area contributed by atoms with Crippen LogP contribution in [0, 0.1) is 18.3 Å². The Morgan fingerprint density at radius 1 is 1.26 bits per heavy atom. The summed E-state index contributed by atoms with van der Waals surface area (Å²) in [5.41, 5.74) is 11.3. The lowest BCUT2D eigenvalue weighted by Crippen LogP contribution is -2.11. The summed E-state index contributed by atoms with van der Waals surface area (Å²) < 4.78 is 0. The number of rotatable bonds is 3. The van der Waals surface area contributed by atoms with Crippen LogP contribution in [0.1, 0.15) is 11.1 Å². The largest absolute Gasteiger partial charge is 0.396 e. The fourth-order valence-electron chi connectivity index (χ4n) is 1.88. The van der Waals surface area contributed by atoms with Gasteiger partial charge < -0.3 is 11.1 Å². The third-order valence-electron chi connectivity index (χ3n) is 2.99. The molecule has 0 unspecified atom stereocenters. The van der Waals surface area contributed by atoms with Crippen LogP contribution in [0.5, 0.6) is 0 Å². The van der Waals surface area contributed by atoms with Gasteiger partial charge in [-0.15, -0.1) is 0 Å². The second-order valence-corrected chi connectivity index (χ2v) is 4.94. The molecule has 0 atom stereocenters. The highest BCUT2D eigenvalue weighted by atomic mass is 32.1. The van der Waals surface area contributed by atoms with Gasteiger partial charge in [0.05, 0.1) is 5.70 Å². The van der Waals surface area contributed by atoms with E-state index in [1.807, 2.05) is 30.3 Å². The van der Waals surface area contributed by atoms with Gasteiger partial charge in [0.2, 0.25) is 0 Å². The molecule has 0 aliphatic carbocycles. The molecule has 0 fully saturated rings. The zero-order valence-electron chi connectivity index (χ0n) is 10.9. The maximum absolute atomic E-state index is 8.95. The monoisotopic (exact) mass is 269 g/mol. The highest BCUT2D eigenvalue weighted by Crippen LogP contribution is 2.27. The van der Waals surface area contributed by atoms with Crippen LogP contribution < -0.4 is 11.1 Å². The lowest BCUT2D eigenvalue weighted by molar-refractivity contribution is 1.03. The summed E-state index contributed by atoms with van der Waals surface area (Å²) in [5, 5.41) is 16.0. The molecule has 0 radical (unpaired) electrons. The van der Waals surface area contributed by atoms with Gasteiger partial charge in [-0.25, -0.2) is 0 Å². The standard InChI is InChI=1S/C15H15N3S/c1-10-8-19-9-13(10)11-3-5-12(6-4-11)15(17)14(7-16)18-2/h3-6,8-9,18H,17H2,1-2H3/b15-14-. The van der Waals surface area contributed by atoms with Crippen molar-refractivity contribution in [1.82, 2.24) is 5.32 Å². The Balaban J connectivity index is 2.37. The first-order valence-electron chi connectivity index (χ1n) is 5.88. The molecule has 0 aliphatic heterocycles. The molecule has 0 amide bonds. The minimum Gasteiger partial charge on any atom is -0.396 e. The summed E-state index contributed by atoms with van der Waals surface area (Å²) >= 11 is 1.70. The zero-order valence-corrected chi connectivity index (χ0v) is 11.7. The van der Waals surface area contributed by atoms with Crippen LogP contribution in [0.4, 0.5) is 0 Å². The van der Waals surface area contributed by atoms with Gasteiger partial charge in [-0.05, 0) is 34.4 Å². The van der Waals surface area contributed by atoms with Gasteiger partial charge >= 0.3 is 0 Å². The van der Waals surface area contributed by atoms with Crippen molar-refractivity contribution in [3.63, 3.8) is 0 Å². The summed E-state index contributed by atoms with van der Waals surface area (Å²) in [7, 11) is 1.69. The topological polar surface area (TPSA) is 61.8 Å². The third-order valence-corrected chi connectivity index (χ3v) is 3.86. The van der Waals surface area contributed by atoms with Gasteiger partial charge in [0.15, 0.2) is 0 Å². The number of thiophene rings is 1. The molecule has 19 heavy (non-hydrogen) atoms. The van der Waals surface area contributed by atoms with E-state index in [2.05, 4.69) is 23.0 Å². The van der Waals surface area contributed by atoms with Crippen molar-refractivity contribution < 1.29 is 0 Å². The van der Waals surface area contributed by atoms with Crippen molar-refractivity contribution in [2.45, 2.75) is 6.92 Å². The summed E-state index contributed by atoms with van der Waals surface area (Å²) in [5.74, 6) is 0. The van der Waals surface area contributed by atoms with Gasteiger partial charge in [0.25, 0.3) is 0 Å². The minimum absolute atomic E-state index is 0.388. The third kappa shape index (κ3) is 2.61. The molecular formula is C15H15N3S. The predicted octanol–water partition coefficient (Wildman–Crippen LogP) is 3.09. The summed E-state index contributed by atoms with van der Waals surface area (Å²) in [6.07, 6.45) is 0. The molecule has 0 saturated carbocycles. The highest BCUT2D eigenvalue weighted by molar-refractivity contribution is 7.08. The molecule has 2 rings (SSSR count). The average molecular weight is 269 g/mol. The molecule has 3 N–H and O–H groups in total. The van der Waals surface area contributed by atoms with Gasteiger partial charge in [-0.2, -0.15) is 16.6 Å². The number of nitriles is 1. The predicted molar refractivity (Wildman–Crippen MR) is 80.3 cm³/mol. The second-order valence-electron chi connectivity index (χ2n) is 4.20. The quantitative estimate of drug-likeness (QED) is 0.842.